The van der Waals surface area contributed by atoms with Crippen LogP contribution in [0, 0.1) is 13.8 Å². The summed E-state index contributed by atoms with van der Waals surface area (Å²) in [4.78, 5) is 24.1. The minimum Gasteiger partial charge on any atom is -0.454 e. The molecule has 0 radical (unpaired) electrons. The van der Waals surface area contributed by atoms with Crippen molar-refractivity contribution < 1.29 is 14.0 Å². The van der Waals surface area contributed by atoms with Crippen LogP contribution in [0.25, 0.3) is 0 Å². The van der Waals surface area contributed by atoms with Crippen molar-refractivity contribution in [2.45, 2.75) is 33.9 Å². The fourth-order valence-corrected chi connectivity index (χ4v) is 2.86. The van der Waals surface area contributed by atoms with Gasteiger partial charge in [0.05, 0.1) is 34.8 Å². The minimum absolute atomic E-state index is 0.0947. The van der Waals surface area contributed by atoms with Crippen molar-refractivity contribution >= 4 is 29.1 Å². The number of hydrogen-bond donors (Lipinski definition) is 2. The maximum atomic E-state index is 12.4. The third-order valence-electron chi connectivity index (χ3n) is 4.10. The molecule has 0 spiro atoms. The summed E-state index contributed by atoms with van der Waals surface area (Å²) in [5.41, 5.74) is 7.28. The summed E-state index contributed by atoms with van der Waals surface area (Å²) in [7, 11) is 0. The number of nitrogens with zero attached hydrogens (tertiary/aromatic N) is 4. The summed E-state index contributed by atoms with van der Waals surface area (Å²) < 4.78 is 8.72. The molecule has 3 aromatic heterocycles. The smallest absolute Gasteiger partial charge is 0.291 e. The van der Waals surface area contributed by atoms with Crippen LogP contribution in [0.2, 0.25) is 5.02 Å². The Kier molecular flexibility index (Phi) is 5.04. The van der Waals surface area contributed by atoms with Crippen molar-refractivity contribution in [1.82, 2.24) is 19.6 Å². The largest absolute Gasteiger partial charge is 0.454 e. The van der Waals surface area contributed by atoms with Crippen LogP contribution in [0.5, 0.6) is 0 Å². The Bertz CT molecular complexity index is 1020. The highest BCUT2D eigenvalue weighted by molar-refractivity contribution is 6.31. The van der Waals surface area contributed by atoms with E-state index in [1.807, 2.05) is 20.8 Å². The molecule has 3 N–H and O–H groups in total. The second-order valence-electron chi connectivity index (χ2n) is 5.95. The van der Waals surface area contributed by atoms with Crippen LogP contribution in [0.1, 0.15) is 45.1 Å². The molecule has 0 aliphatic heterocycles. The molecule has 0 unspecified atom stereocenters. The quantitative estimate of drug-likeness (QED) is 0.669. The van der Waals surface area contributed by atoms with Gasteiger partial charge in [-0.1, -0.05) is 11.6 Å². The van der Waals surface area contributed by atoms with Crippen LogP contribution in [0.3, 0.4) is 0 Å². The van der Waals surface area contributed by atoms with E-state index in [1.165, 1.54) is 10.9 Å². The number of primary amides is 1. The summed E-state index contributed by atoms with van der Waals surface area (Å²) in [6.07, 6.45) is 1.38. The van der Waals surface area contributed by atoms with Crippen molar-refractivity contribution in [2.75, 3.05) is 5.32 Å². The topological polar surface area (TPSA) is 121 Å². The molecule has 9 nitrogen and oxygen atoms in total. The summed E-state index contributed by atoms with van der Waals surface area (Å²) in [6.45, 7) is 6.28. The van der Waals surface area contributed by atoms with Gasteiger partial charge in [0.15, 0.2) is 5.76 Å². The molecule has 0 aliphatic rings. The molecular weight excluding hydrogens is 372 g/mol. The zero-order chi connectivity index (χ0) is 19.7. The second kappa shape index (κ2) is 7.28. The predicted molar refractivity (Wildman–Crippen MR) is 98.9 cm³/mol. The monoisotopic (exact) mass is 390 g/mol. The lowest BCUT2D eigenvalue weighted by molar-refractivity contribution is 0.0991. The van der Waals surface area contributed by atoms with Gasteiger partial charge in [0.25, 0.3) is 11.8 Å². The summed E-state index contributed by atoms with van der Waals surface area (Å²) in [5, 5.41) is 11.6. The molecule has 0 saturated carbocycles. The molecule has 0 saturated heterocycles. The van der Waals surface area contributed by atoms with Crippen molar-refractivity contribution in [2.24, 2.45) is 5.73 Å². The Morgan fingerprint density at radius 3 is 2.63 bits per heavy atom. The van der Waals surface area contributed by atoms with Crippen LogP contribution in [0.4, 0.5) is 5.69 Å². The number of anilines is 1. The average molecular weight is 391 g/mol. The lowest BCUT2D eigenvalue weighted by Gasteiger charge is -2.05. The Balaban J connectivity index is 1.77. The number of carbonyl (C=O) groups excluding carboxylic acids is 2. The molecule has 3 aromatic rings. The van der Waals surface area contributed by atoms with Crippen LogP contribution in [-0.2, 0) is 13.1 Å². The Morgan fingerprint density at radius 1 is 1.30 bits per heavy atom. The van der Waals surface area contributed by atoms with Gasteiger partial charge >= 0.3 is 0 Å². The SMILES string of the molecule is CCn1ncc(NC(=O)c2ccc(Cn3nc(C)c(Cl)c3C)o2)c1C(N)=O. The van der Waals surface area contributed by atoms with Crippen molar-refractivity contribution in [3.8, 4) is 0 Å². The number of nitrogens with two attached hydrogens (primary N) is 1. The predicted octanol–water partition coefficient (Wildman–Crippen LogP) is 2.36. The van der Waals surface area contributed by atoms with E-state index in [2.05, 4.69) is 15.5 Å². The number of furan rings is 1. The number of aryl methyl sites for hydroxylation is 2. The van der Waals surface area contributed by atoms with E-state index in [0.717, 1.165) is 11.4 Å². The van der Waals surface area contributed by atoms with Crippen LogP contribution in [-0.4, -0.2) is 31.4 Å². The van der Waals surface area contributed by atoms with Gasteiger partial charge < -0.3 is 15.5 Å². The third-order valence-corrected chi connectivity index (χ3v) is 4.65. The Hall–Kier alpha value is -3.07. The van der Waals surface area contributed by atoms with Crippen LogP contribution in [0.15, 0.2) is 22.7 Å². The van der Waals surface area contributed by atoms with Crippen LogP contribution < -0.4 is 11.1 Å². The van der Waals surface area contributed by atoms with Gasteiger partial charge in [-0.15, -0.1) is 0 Å². The summed E-state index contributed by atoms with van der Waals surface area (Å²) in [5.74, 6) is -0.545. The number of hydrogen-bond acceptors (Lipinski definition) is 5. The number of halogens is 1. The number of carbonyl (C=O) groups is 2. The van der Waals surface area contributed by atoms with Crippen LogP contribution >= 0.6 is 11.6 Å². The average Bonchev–Trinajstić information content (AvgIpc) is 3.31. The molecule has 0 atom stereocenters. The van der Waals surface area contributed by atoms with Crippen molar-refractivity contribution in [1.29, 1.82) is 0 Å². The third kappa shape index (κ3) is 3.59. The lowest BCUT2D eigenvalue weighted by atomic mass is 10.3. The normalized spacial score (nSPS) is 11.0. The molecule has 2 amide bonds. The van der Waals surface area contributed by atoms with E-state index in [0.29, 0.717) is 23.9 Å². The van der Waals surface area contributed by atoms with E-state index in [1.54, 1.807) is 16.8 Å². The molecule has 0 aromatic carbocycles. The summed E-state index contributed by atoms with van der Waals surface area (Å²) in [6, 6.07) is 3.23. The number of rotatable bonds is 6. The lowest BCUT2D eigenvalue weighted by Crippen LogP contribution is -2.20. The Labute approximate surface area is 160 Å². The first kappa shape index (κ1) is 18.7. The van der Waals surface area contributed by atoms with E-state index in [4.69, 9.17) is 21.8 Å². The molecule has 27 heavy (non-hydrogen) atoms. The van der Waals surface area contributed by atoms with E-state index < -0.39 is 11.8 Å². The summed E-state index contributed by atoms with van der Waals surface area (Å²) >= 11 is 6.14. The maximum Gasteiger partial charge on any atom is 0.291 e. The van der Waals surface area contributed by atoms with Gasteiger partial charge in [-0.3, -0.25) is 19.0 Å². The molecule has 10 heteroatoms. The highest BCUT2D eigenvalue weighted by Crippen LogP contribution is 2.21. The molecule has 3 heterocycles. The minimum atomic E-state index is -0.675. The highest BCUT2D eigenvalue weighted by atomic mass is 35.5. The zero-order valence-electron chi connectivity index (χ0n) is 15.1. The van der Waals surface area contributed by atoms with Gasteiger partial charge in [0, 0.05) is 6.54 Å². The van der Waals surface area contributed by atoms with Crippen molar-refractivity contribution in [3.05, 3.63) is 52.0 Å². The standard InChI is InChI=1S/C17H19ClN6O3/c1-4-23-15(16(19)25)12(7-20-23)21-17(26)13-6-5-11(27-13)8-24-10(3)14(18)9(2)22-24/h5-7H,4,8H2,1-3H3,(H2,19,25)(H,21,26). The molecular formula is C17H19ClN6O3. The van der Waals surface area contributed by atoms with Crippen molar-refractivity contribution in [3.63, 3.8) is 0 Å². The molecule has 0 fully saturated rings. The fourth-order valence-electron chi connectivity index (χ4n) is 2.72. The fraction of sp³-hybridized carbons (Fsp3) is 0.294. The molecule has 0 bridgehead atoms. The van der Waals surface area contributed by atoms with E-state index in [9.17, 15) is 9.59 Å². The number of amides is 2. The van der Waals surface area contributed by atoms with Gasteiger partial charge in [0.1, 0.15) is 11.5 Å². The number of nitrogens with one attached hydrogen (secondary N) is 1. The Morgan fingerprint density at radius 2 is 2.04 bits per heavy atom. The van der Waals surface area contributed by atoms with Gasteiger partial charge in [-0.25, -0.2) is 0 Å². The molecule has 142 valence electrons. The van der Waals surface area contributed by atoms with E-state index in [-0.39, 0.29) is 17.1 Å². The van der Waals surface area contributed by atoms with Gasteiger partial charge in [0.2, 0.25) is 0 Å². The maximum absolute atomic E-state index is 12.4. The molecule has 0 aliphatic carbocycles. The first-order chi connectivity index (χ1) is 12.8. The first-order valence-electron chi connectivity index (χ1n) is 8.27. The second-order valence-corrected chi connectivity index (χ2v) is 6.33. The number of aromatic nitrogens is 4. The van der Waals surface area contributed by atoms with Gasteiger partial charge in [-0.2, -0.15) is 10.2 Å². The molecule has 3 rings (SSSR count). The first-order valence-corrected chi connectivity index (χ1v) is 8.64. The zero-order valence-corrected chi connectivity index (χ0v) is 15.9. The highest BCUT2D eigenvalue weighted by Gasteiger charge is 2.20. The van der Waals surface area contributed by atoms with E-state index >= 15 is 0 Å². The van der Waals surface area contributed by atoms with Gasteiger partial charge in [-0.05, 0) is 32.9 Å².